The summed E-state index contributed by atoms with van der Waals surface area (Å²) in [6.07, 6.45) is 0. The summed E-state index contributed by atoms with van der Waals surface area (Å²) in [7, 11) is 1.56. The summed E-state index contributed by atoms with van der Waals surface area (Å²) in [6, 6.07) is 12.9. The number of ether oxygens (including phenoxy) is 1. The van der Waals surface area contributed by atoms with E-state index in [1.165, 1.54) is 23.1 Å². The number of nitrogens with zero attached hydrogens (tertiary/aromatic N) is 4. The first-order valence-electron chi connectivity index (χ1n) is 10.7. The maximum absolute atomic E-state index is 14.0. The third-order valence-corrected chi connectivity index (χ3v) is 6.83. The van der Waals surface area contributed by atoms with Crippen molar-refractivity contribution in [2.45, 2.75) is 18.4 Å². The second-order valence-corrected chi connectivity index (χ2v) is 9.10. The number of urea groups is 1. The van der Waals surface area contributed by atoms with E-state index in [-0.39, 0.29) is 41.3 Å². The van der Waals surface area contributed by atoms with Gasteiger partial charge in [0.2, 0.25) is 5.91 Å². The summed E-state index contributed by atoms with van der Waals surface area (Å²) in [5.74, 6) is -1.26. The summed E-state index contributed by atoms with van der Waals surface area (Å²) >= 11 is 12.3. The average molecular weight is 501 g/mol. The molecule has 34 heavy (non-hydrogen) atoms. The predicted octanol–water partition coefficient (Wildman–Crippen LogP) is 3.66. The van der Waals surface area contributed by atoms with Crippen LogP contribution >= 0.6 is 23.2 Å². The molecule has 2 aromatic carbocycles. The molecule has 0 aliphatic carbocycles. The number of hydrogen-bond acceptors (Lipinski definition) is 5. The lowest BCUT2D eigenvalue weighted by Gasteiger charge is -2.33. The van der Waals surface area contributed by atoms with Crippen LogP contribution in [-0.4, -0.2) is 66.5 Å². The van der Waals surface area contributed by atoms with E-state index < -0.39 is 23.4 Å². The summed E-state index contributed by atoms with van der Waals surface area (Å²) in [5, 5.41) is 9.74. The number of carbonyl (C=O) groups is 3. The lowest BCUT2D eigenvalue weighted by atomic mass is 9.80. The lowest BCUT2D eigenvalue weighted by molar-refractivity contribution is -0.135. The van der Waals surface area contributed by atoms with Crippen molar-refractivity contribution in [3.05, 3.63) is 63.6 Å². The minimum Gasteiger partial charge on any atom is -0.372 e. The number of amides is 4. The van der Waals surface area contributed by atoms with Gasteiger partial charge in [0, 0.05) is 36.2 Å². The Morgan fingerprint density at radius 2 is 1.82 bits per heavy atom. The van der Waals surface area contributed by atoms with Crippen LogP contribution in [0.4, 0.5) is 10.5 Å². The maximum Gasteiger partial charge on any atom is 0.332 e. The highest BCUT2D eigenvalue weighted by Crippen LogP contribution is 2.46. The molecule has 4 rings (SSSR count). The molecule has 0 radical (unpaired) electrons. The predicted molar refractivity (Wildman–Crippen MR) is 127 cm³/mol. The average Bonchev–Trinajstić information content (AvgIpc) is 3.30. The van der Waals surface area contributed by atoms with E-state index in [9.17, 15) is 14.4 Å². The Hall–Kier alpha value is -3.12. The highest BCUT2D eigenvalue weighted by Gasteiger charge is 2.65. The van der Waals surface area contributed by atoms with Crippen molar-refractivity contribution in [3.63, 3.8) is 0 Å². The van der Waals surface area contributed by atoms with Crippen molar-refractivity contribution in [1.82, 2.24) is 9.80 Å². The number of likely N-dealkylation sites (N-methyl/N-ethyl adjacent to an activating group) is 1. The molecule has 2 unspecified atom stereocenters. The SMILES string of the molecule is CCOCC(=O)N1CC(c2ccc(C#N)cc2)C2(C1)C(=O)N(c1cc(Cl)cc(Cl)c1)C(=O)N2C. The molecule has 10 heteroatoms. The van der Waals surface area contributed by atoms with Gasteiger partial charge in [-0.15, -0.1) is 0 Å². The van der Waals surface area contributed by atoms with Gasteiger partial charge in [0.1, 0.15) is 12.1 Å². The van der Waals surface area contributed by atoms with Gasteiger partial charge in [-0.2, -0.15) is 5.26 Å². The quantitative estimate of drug-likeness (QED) is 0.583. The van der Waals surface area contributed by atoms with Crippen molar-refractivity contribution in [3.8, 4) is 6.07 Å². The third-order valence-electron chi connectivity index (χ3n) is 6.39. The molecular formula is C24H22Cl2N4O4. The Kier molecular flexibility index (Phi) is 6.54. The van der Waals surface area contributed by atoms with E-state index in [1.807, 2.05) is 0 Å². The molecule has 0 N–H and O–H groups in total. The van der Waals surface area contributed by atoms with Gasteiger partial charge >= 0.3 is 6.03 Å². The number of carbonyl (C=O) groups excluding carboxylic acids is 3. The van der Waals surface area contributed by atoms with E-state index in [0.29, 0.717) is 12.2 Å². The topological polar surface area (TPSA) is 94.0 Å². The van der Waals surface area contributed by atoms with E-state index >= 15 is 0 Å². The highest BCUT2D eigenvalue weighted by atomic mass is 35.5. The number of nitriles is 1. The second kappa shape index (κ2) is 9.26. The molecule has 2 fully saturated rings. The number of hydrogen-bond donors (Lipinski definition) is 0. The highest BCUT2D eigenvalue weighted by molar-refractivity contribution is 6.35. The van der Waals surface area contributed by atoms with Crippen LogP contribution in [0.15, 0.2) is 42.5 Å². The molecule has 2 aliphatic heterocycles. The first-order valence-corrected chi connectivity index (χ1v) is 11.4. The molecule has 0 aromatic heterocycles. The fraction of sp³-hybridized carbons (Fsp3) is 0.333. The fourth-order valence-electron chi connectivity index (χ4n) is 4.68. The van der Waals surface area contributed by atoms with Gasteiger partial charge in [-0.05, 0) is 42.8 Å². The van der Waals surface area contributed by atoms with Crippen molar-refractivity contribution in [2.24, 2.45) is 0 Å². The molecule has 8 nitrogen and oxygen atoms in total. The minimum atomic E-state index is -1.35. The number of rotatable bonds is 5. The van der Waals surface area contributed by atoms with Crippen LogP contribution in [0.1, 0.15) is 24.0 Å². The first kappa shape index (κ1) is 24.0. The van der Waals surface area contributed by atoms with Crippen LogP contribution in [0.2, 0.25) is 10.0 Å². The Bertz CT molecular complexity index is 1180. The van der Waals surface area contributed by atoms with Gasteiger partial charge in [-0.3, -0.25) is 9.59 Å². The molecule has 0 saturated carbocycles. The molecule has 176 valence electrons. The minimum absolute atomic E-state index is 0.00937. The van der Waals surface area contributed by atoms with Crippen molar-refractivity contribution in [2.75, 3.05) is 38.3 Å². The van der Waals surface area contributed by atoms with Crippen molar-refractivity contribution >= 4 is 46.7 Å². The van der Waals surface area contributed by atoms with Gasteiger partial charge in [0.25, 0.3) is 5.91 Å². The third kappa shape index (κ3) is 3.90. The van der Waals surface area contributed by atoms with E-state index in [1.54, 1.807) is 43.1 Å². The van der Waals surface area contributed by atoms with Crippen molar-refractivity contribution in [1.29, 1.82) is 5.26 Å². The molecule has 4 amide bonds. The first-order chi connectivity index (χ1) is 16.2. The zero-order valence-electron chi connectivity index (χ0n) is 18.6. The van der Waals surface area contributed by atoms with Gasteiger partial charge in [-0.1, -0.05) is 35.3 Å². The normalized spacial score (nSPS) is 22.1. The van der Waals surface area contributed by atoms with Crippen LogP contribution in [0, 0.1) is 11.3 Å². The standard InChI is InChI=1S/C24H22Cl2N4O4/c1-3-34-13-21(31)29-12-20(16-6-4-15(11-27)5-7-16)24(14-29)22(32)30(23(33)28(24)2)19-9-17(25)8-18(26)10-19/h4-10,20H,3,12-14H2,1-2H3. The van der Waals surface area contributed by atoms with E-state index in [0.717, 1.165) is 10.5 Å². The Balaban J connectivity index is 1.80. The summed E-state index contributed by atoms with van der Waals surface area (Å²) < 4.78 is 5.29. The van der Waals surface area contributed by atoms with Crippen LogP contribution in [0.5, 0.6) is 0 Å². The van der Waals surface area contributed by atoms with Gasteiger partial charge in [0.15, 0.2) is 0 Å². The number of imide groups is 1. The van der Waals surface area contributed by atoms with Crippen LogP contribution in [-0.2, 0) is 14.3 Å². The molecule has 2 atom stereocenters. The monoisotopic (exact) mass is 500 g/mol. The molecular weight excluding hydrogens is 479 g/mol. The Morgan fingerprint density at radius 1 is 1.18 bits per heavy atom. The molecule has 2 aliphatic rings. The number of benzene rings is 2. The molecule has 2 heterocycles. The Labute approximate surface area is 207 Å². The van der Waals surface area contributed by atoms with Crippen LogP contribution in [0.25, 0.3) is 0 Å². The van der Waals surface area contributed by atoms with Crippen LogP contribution < -0.4 is 4.90 Å². The van der Waals surface area contributed by atoms with Gasteiger partial charge < -0.3 is 14.5 Å². The number of likely N-dealkylation sites (tertiary alicyclic amines) is 1. The number of anilines is 1. The molecule has 1 spiro atoms. The maximum atomic E-state index is 14.0. The summed E-state index contributed by atoms with van der Waals surface area (Å²) in [5.41, 5.74) is 0.123. The zero-order valence-corrected chi connectivity index (χ0v) is 20.1. The smallest absolute Gasteiger partial charge is 0.332 e. The second-order valence-electron chi connectivity index (χ2n) is 8.23. The van der Waals surface area contributed by atoms with Gasteiger partial charge in [0.05, 0.1) is 23.9 Å². The van der Waals surface area contributed by atoms with Crippen molar-refractivity contribution < 1.29 is 19.1 Å². The Morgan fingerprint density at radius 3 is 2.41 bits per heavy atom. The summed E-state index contributed by atoms with van der Waals surface area (Å²) in [4.78, 5) is 44.3. The van der Waals surface area contributed by atoms with E-state index in [4.69, 9.17) is 33.2 Å². The largest absolute Gasteiger partial charge is 0.372 e. The summed E-state index contributed by atoms with van der Waals surface area (Å²) in [6.45, 7) is 2.27. The molecule has 2 aromatic rings. The zero-order chi connectivity index (χ0) is 24.6. The number of halogens is 2. The molecule has 2 saturated heterocycles. The van der Waals surface area contributed by atoms with Crippen LogP contribution in [0.3, 0.4) is 0 Å². The van der Waals surface area contributed by atoms with E-state index in [2.05, 4.69) is 6.07 Å². The van der Waals surface area contributed by atoms with Gasteiger partial charge in [-0.25, -0.2) is 9.69 Å². The fourth-order valence-corrected chi connectivity index (χ4v) is 5.19. The molecule has 0 bridgehead atoms. The lowest BCUT2D eigenvalue weighted by Crippen LogP contribution is -2.54.